The zero-order chi connectivity index (χ0) is 12.0. The highest BCUT2D eigenvalue weighted by atomic mass is 35.5. The van der Waals surface area contributed by atoms with Gasteiger partial charge in [-0.05, 0) is 18.2 Å². The Balaban J connectivity index is 3.02. The number of allylic oxidation sites excluding steroid dienone is 1. The van der Waals surface area contributed by atoms with Gasteiger partial charge in [-0.1, -0.05) is 29.3 Å². The summed E-state index contributed by atoms with van der Waals surface area (Å²) in [6, 6.07) is 7.22. The topological polar surface area (TPSA) is 45.0 Å². The lowest BCUT2D eigenvalue weighted by atomic mass is 10.1. The Bertz CT molecular complexity index is 438. The molecule has 1 N–H and O–H groups in total. The first-order chi connectivity index (χ1) is 7.69. The molecule has 0 saturated heterocycles. The van der Waals surface area contributed by atoms with Gasteiger partial charge in [-0.15, -0.1) is 0 Å². The molecule has 1 aromatic rings. The fraction of sp³-hybridized carbons (Fsp3) is 0.182. The van der Waals surface area contributed by atoms with Crippen LogP contribution in [0.25, 0.3) is 5.70 Å². The molecule has 0 aliphatic rings. The molecule has 0 saturated carbocycles. The molecule has 1 rings (SSSR count). The summed E-state index contributed by atoms with van der Waals surface area (Å²) in [6.45, 7) is 0. The number of halogens is 2. The molecule has 3 nitrogen and oxygen atoms in total. The molecular formula is C11H10Cl2N2O. The number of hydrogen-bond donors (Lipinski definition) is 1. The first kappa shape index (κ1) is 12.9. The molecule has 0 atom stereocenters. The lowest BCUT2D eigenvalue weighted by Crippen LogP contribution is -2.10. The summed E-state index contributed by atoms with van der Waals surface area (Å²) >= 11 is 11.7. The van der Waals surface area contributed by atoms with E-state index >= 15 is 0 Å². The molecule has 84 valence electrons. The van der Waals surface area contributed by atoms with Crippen LogP contribution in [0.1, 0.15) is 12.0 Å². The Morgan fingerprint density at radius 3 is 2.81 bits per heavy atom. The van der Waals surface area contributed by atoms with Crippen molar-refractivity contribution in [2.45, 2.75) is 6.42 Å². The van der Waals surface area contributed by atoms with E-state index in [1.165, 1.54) is 7.11 Å². The van der Waals surface area contributed by atoms with Crippen LogP contribution in [0.5, 0.6) is 0 Å². The van der Waals surface area contributed by atoms with Crippen molar-refractivity contribution in [2.24, 2.45) is 0 Å². The summed E-state index contributed by atoms with van der Waals surface area (Å²) < 4.78 is 0. The highest BCUT2D eigenvalue weighted by molar-refractivity contribution is 6.42. The minimum atomic E-state index is 0.284. The van der Waals surface area contributed by atoms with Crippen LogP contribution in [0.3, 0.4) is 0 Å². The third-order valence-corrected chi connectivity index (χ3v) is 2.58. The largest absolute Gasteiger partial charge is 0.279 e. The normalized spacial score (nSPS) is 11.0. The lowest BCUT2D eigenvalue weighted by Gasteiger charge is -2.09. The zero-order valence-electron chi connectivity index (χ0n) is 8.63. The Hall–Kier alpha value is -1.21. The Kier molecular flexibility index (Phi) is 5.13. The summed E-state index contributed by atoms with van der Waals surface area (Å²) in [7, 11) is 1.50. The van der Waals surface area contributed by atoms with Crippen LogP contribution >= 0.6 is 23.2 Å². The Morgan fingerprint density at radius 2 is 2.25 bits per heavy atom. The minimum absolute atomic E-state index is 0.284. The average molecular weight is 257 g/mol. The van der Waals surface area contributed by atoms with E-state index < -0.39 is 0 Å². The van der Waals surface area contributed by atoms with Gasteiger partial charge in [-0.3, -0.25) is 10.3 Å². The number of hydrogen-bond acceptors (Lipinski definition) is 3. The van der Waals surface area contributed by atoms with Gasteiger partial charge in [0.25, 0.3) is 0 Å². The van der Waals surface area contributed by atoms with E-state index in [1.54, 1.807) is 24.3 Å². The van der Waals surface area contributed by atoms with Crippen LogP contribution in [0, 0.1) is 11.3 Å². The van der Waals surface area contributed by atoms with Crippen molar-refractivity contribution in [3.8, 4) is 6.07 Å². The number of hydroxylamine groups is 1. The highest BCUT2D eigenvalue weighted by Crippen LogP contribution is 2.25. The number of nitriles is 1. The smallest absolute Gasteiger partial charge is 0.0664 e. The van der Waals surface area contributed by atoms with E-state index in [9.17, 15) is 0 Å². The summed E-state index contributed by atoms with van der Waals surface area (Å²) in [5.41, 5.74) is 4.18. The van der Waals surface area contributed by atoms with E-state index in [0.717, 1.165) is 5.56 Å². The van der Waals surface area contributed by atoms with Crippen molar-refractivity contribution < 1.29 is 4.84 Å². The molecule has 0 aliphatic heterocycles. The molecule has 0 fully saturated rings. The quantitative estimate of drug-likeness (QED) is 0.841. The number of rotatable bonds is 4. The predicted octanol–water partition coefficient (Wildman–Crippen LogP) is 3.40. The second-order valence-corrected chi connectivity index (χ2v) is 3.73. The molecule has 5 heteroatoms. The molecule has 0 radical (unpaired) electrons. The number of nitrogens with one attached hydrogen (secondary N) is 1. The Morgan fingerprint density at radius 1 is 1.50 bits per heavy atom. The van der Waals surface area contributed by atoms with Crippen molar-refractivity contribution in [1.82, 2.24) is 5.48 Å². The van der Waals surface area contributed by atoms with Crippen LogP contribution in [-0.4, -0.2) is 7.11 Å². The monoisotopic (exact) mass is 256 g/mol. The van der Waals surface area contributed by atoms with Crippen molar-refractivity contribution >= 4 is 28.9 Å². The fourth-order valence-corrected chi connectivity index (χ4v) is 1.44. The second kappa shape index (κ2) is 6.39. The van der Waals surface area contributed by atoms with Gasteiger partial charge in [-0.2, -0.15) is 5.26 Å². The molecule has 0 bridgehead atoms. The van der Waals surface area contributed by atoms with Gasteiger partial charge in [0.05, 0.1) is 35.3 Å². The van der Waals surface area contributed by atoms with Gasteiger partial charge >= 0.3 is 0 Å². The maximum Gasteiger partial charge on any atom is 0.0664 e. The Labute approximate surface area is 104 Å². The first-order valence-electron chi connectivity index (χ1n) is 4.50. The van der Waals surface area contributed by atoms with Gasteiger partial charge in [0.15, 0.2) is 0 Å². The third-order valence-electron chi connectivity index (χ3n) is 1.84. The minimum Gasteiger partial charge on any atom is -0.279 e. The average Bonchev–Trinajstić information content (AvgIpc) is 2.28. The van der Waals surface area contributed by atoms with E-state index in [0.29, 0.717) is 15.7 Å². The molecule has 0 aliphatic carbocycles. The van der Waals surface area contributed by atoms with Crippen LogP contribution in [0.15, 0.2) is 24.3 Å². The number of benzene rings is 1. The van der Waals surface area contributed by atoms with Gasteiger partial charge in [0.2, 0.25) is 0 Å². The van der Waals surface area contributed by atoms with Crippen molar-refractivity contribution in [3.63, 3.8) is 0 Å². The molecule has 16 heavy (non-hydrogen) atoms. The van der Waals surface area contributed by atoms with Crippen LogP contribution in [0.4, 0.5) is 0 Å². The summed E-state index contributed by atoms with van der Waals surface area (Å²) in [4.78, 5) is 4.82. The second-order valence-electron chi connectivity index (χ2n) is 2.92. The van der Waals surface area contributed by atoms with Crippen molar-refractivity contribution in [3.05, 3.63) is 39.9 Å². The lowest BCUT2D eigenvalue weighted by molar-refractivity contribution is 0.136. The SMILES string of the molecule is CONC(=CCC#N)c1ccc(Cl)c(Cl)c1. The highest BCUT2D eigenvalue weighted by Gasteiger charge is 2.04. The molecule has 0 heterocycles. The summed E-state index contributed by atoms with van der Waals surface area (Å²) in [5.74, 6) is 0. The maximum atomic E-state index is 8.52. The molecule has 0 amide bonds. The molecule has 0 spiro atoms. The molecular weight excluding hydrogens is 247 g/mol. The van der Waals surface area contributed by atoms with E-state index in [-0.39, 0.29) is 6.42 Å². The zero-order valence-corrected chi connectivity index (χ0v) is 10.1. The van der Waals surface area contributed by atoms with Gasteiger partial charge in [-0.25, -0.2) is 0 Å². The summed E-state index contributed by atoms with van der Waals surface area (Å²) in [5, 5.41) is 9.47. The molecule has 0 unspecified atom stereocenters. The van der Waals surface area contributed by atoms with E-state index in [4.69, 9.17) is 33.3 Å². The van der Waals surface area contributed by atoms with E-state index in [2.05, 4.69) is 5.48 Å². The maximum absolute atomic E-state index is 8.52. The van der Waals surface area contributed by atoms with Crippen LogP contribution in [-0.2, 0) is 4.84 Å². The van der Waals surface area contributed by atoms with Crippen LogP contribution in [0.2, 0.25) is 10.0 Å². The third kappa shape index (κ3) is 3.42. The van der Waals surface area contributed by atoms with E-state index in [1.807, 2.05) is 6.07 Å². The summed E-state index contributed by atoms with van der Waals surface area (Å²) in [6.07, 6.45) is 2.00. The first-order valence-corrected chi connectivity index (χ1v) is 5.26. The molecule has 0 aromatic heterocycles. The fourth-order valence-electron chi connectivity index (χ4n) is 1.14. The van der Waals surface area contributed by atoms with Crippen LogP contribution < -0.4 is 5.48 Å². The number of nitrogens with zero attached hydrogens (tertiary/aromatic N) is 1. The van der Waals surface area contributed by atoms with Crippen molar-refractivity contribution in [2.75, 3.05) is 7.11 Å². The molecule has 1 aromatic carbocycles. The van der Waals surface area contributed by atoms with Gasteiger partial charge in [0.1, 0.15) is 0 Å². The standard InChI is InChI=1S/C11H10Cl2N2O/c1-16-15-11(3-2-6-14)8-4-5-9(12)10(13)7-8/h3-5,7,15H,2H2,1H3. The van der Waals surface area contributed by atoms with Crippen molar-refractivity contribution in [1.29, 1.82) is 5.26 Å². The van der Waals surface area contributed by atoms with Gasteiger partial charge < -0.3 is 0 Å². The predicted molar refractivity (Wildman–Crippen MR) is 64.8 cm³/mol. The van der Waals surface area contributed by atoms with Gasteiger partial charge in [0, 0.05) is 5.56 Å².